The predicted molar refractivity (Wildman–Crippen MR) is 78.6 cm³/mol. The zero-order valence-corrected chi connectivity index (χ0v) is 11.7. The van der Waals surface area contributed by atoms with E-state index in [2.05, 4.69) is 0 Å². The van der Waals surface area contributed by atoms with Crippen molar-refractivity contribution < 1.29 is 9.13 Å². The van der Waals surface area contributed by atoms with Gasteiger partial charge in [0, 0.05) is 5.56 Å². The molecule has 0 fully saturated rings. The molecule has 0 saturated heterocycles. The second kappa shape index (κ2) is 5.55. The van der Waals surface area contributed by atoms with E-state index in [1.54, 1.807) is 43.3 Å². The summed E-state index contributed by atoms with van der Waals surface area (Å²) in [5.74, 6) is 0.0770. The van der Waals surface area contributed by atoms with E-state index < -0.39 is 5.82 Å². The minimum Gasteiger partial charge on any atom is -0.453 e. The maximum atomic E-state index is 13.8. The fourth-order valence-corrected chi connectivity index (χ4v) is 1.90. The molecule has 2 rings (SSSR count). The Morgan fingerprint density at radius 1 is 1.26 bits per heavy atom. The molecule has 0 amide bonds. The smallest absolute Gasteiger partial charge is 0.168 e. The first kappa shape index (κ1) is 13.8. The van der Waals surface area contributed by atoms with Crippen molar-refractivity contribution in [1.29, 1.82) is 0 Å². The van der Waals surface area contributed by atoms with Gasteiger partial charge in [0.2, 0.25) is 0 Å². The topological polar surface area (TPSA) is 35.2 Å². The second-order valence-electron chi connectivity index (χ2n) is 4.00. The molecule has 0 aromatic heterocycles. The van der Waals surface area contributed by atoms with Crippen molar-refractivity contribution in [3.8, 4) is 11.5 Å². The maximum absolute atomic E-state index is 13.8. The summed E-state index contributed by atoms with van der Waals surface area (Å²) in [5, 5.41) is 0.325. The van der Waals surface area contributed by atoms with E-state index in [1.807, 2.05) is 0 Å². The molecule has 0 aliphatic heterocycles. The highest BCUT2D eigenvalue weighted by Gasteiger charge is 2.10. The van der Waals surface area contributed by atoms with Gasteiger partial charge in [0.25, 0.3) is 0 Å². The third-order valence-corrected chi connectivity index (χ3v) is 3.12. The van der Waals surface area contributed by atoms with Gasteiger partial charge in [0.15, 0.2) is 11.6 Å². The molecule has 5 heteroatoms. The fourth-order valence-electron chi connectivity index (χ4n) is 1.55. The van der Waals surface area contributed by atoms with Gasteiger partial charge < -0.3 is 10.5 Å². The highest BCUT2D eigenvalue weighted by atomic mass is 35.5. The van der Waals surface area contributed by atoms with Gasteiger partial charge in [-0.1, -0.05) is 36.0 Å². The number of nitrogens with two attached hydrogens (primary N) is 1. The van der Waals surface area contributed by atoms with Crippen LogP contribution in [-0.2, 0) is 0 Å². The van der Waals surface area contributed by atoms with Crippen molar-refractivity contribution in [2.75, 3.05) is 0 Å². The van der Waals surface area contributed by atoms with Gasteiger partial charge >= 0.3 is 0 Å². The first-order valence-electron chi connectivity index (χ1n) is 5.51. The van der Waals surface area contributed by atoms with Crippen LogP contribution < -0.4 is 10.5 Å². The number of aryl methyl sites for hydroxylation is 1. The van der Waals surface area contributed by atoms with Crippen LogP contribution in [0.2, 0.25) is 5.02 Å². The standard InChI is InChI=1S/C14H11ClFNOS/c1-8-3-2-4-12(13(8)16)18-11-6-5-9(14(17)19)7-10(11)15/h2-7H,1H3,(H2,17,19). The first-order valence-corrected chi connectivity index (χ1v) is 6.30. The lowest BCUT2D eigenvalue weighted by molar-refractivity contribution is 0.440. The normalized spacial score (nSPS) is 10.3. The zero-order valence-electron chi connectivity index (χ0n) is 10.1. The average Bonchev–Trinajstić information content (AvgIpc) is 2.37. The van der Waals surface area contributed by atoms with Crippen LogP contribution in [0.1, 0.15) is 11.1 Å². The highest BCUT2D eigenvalue weighted by Crippen LogP contribution is 2.32. The number of halogens is 2. The van der Waals surface area contributed by atoms with Crippen LogP contribution in [0, 0.1) is 12.7 Å². The van der Waals surface area contributed by atoms with Crippen LogP contribution >= 0.6 is 23.8 Å². The summed E-state index contributed by atoms with van der Waals surface area (Å²) < 4.78 is 19.3. The van der Waals surface area contributed by atoms with Crippen molar-refractivity contribution in [2.45, 2.75) is 6.92 Å². The van der Waals surface area contributed by atoms with Gasteiger partial charge in [-0.3, -0.25) is 0 Å². The summed E-state index contributed by atoms with van der Waals surface area (Å²) in [5.41, 5.74) is 6.65. The summed E-state index contributed by atoms with van der Waals surface area (Å²) >= 11 is 10.9. The third kappa shape index (κ3) is 3.03. The minimum atomic E-state index is -0.406. The molecule has 2 N–H and O–H groups in total. The molecule has 0 aliphatic rings. The molecule has 2 nitrogen and oxygen atoms in total. The zero-order chi connectivity index (χ0) is 14.0. The van der Waals surface area contributed by atoms with E-state index in [4.69, 9.17) is 34.3 Å². The van der Waals surface area contributed by atoms with Crippen LogP contribution in [0.5, 0.6) is 11.5 Å². The molecule has 2 aromatic rings. The fraction of sp³-hybridized carbons (Fsp3) is 0.0714. The maximum Gasteiger partial charge on any atom is 0.168 e. The molecule has 19 heavy (non-hydrogen) atoms. The number of hydrogen-bond acceptors (Lipinski definition) is 2. The molecule has 2 aromatic carbocycles. The molecule has 0 atom stereocenters. The van der Waals surface area contributed by atoms with Gasteiger partial charge in [-0.25, -0.2) is 4.39 Å². The molecule has 98 valence electrons. The molecule has 0 bridgehead atoms. The number of rotatable bonds is 3. The lowest BCUT2D eigenvalue weighted by Crippen LogP contribution is -2.09. The molecule has 0 unspecified atom stereocenters. The quantitative estimate of drug-likeness (QED) is 0.861. The van der Waals surface area contributed by atoms with Crippen LogP contribution in [0.3, 0.4) is 0 Å². The Balaban J connectivity index is 2.34. The third-order valence-electron chi connectivity index (χ3n) is 2.59. The van der Waals surface area contributed by atoms with Crippen molar-refractivity contribution in [1.82, 2.24) is 0 Å². The van der Waals surface area contributed by atoms with E-state index in [1.165, 1.54) is 0 Å². The summed E-state index contributed by atoms with van der Waals surface area (Å²) in [6.07, 6.45) is 0. The Morgan fingerprint density at radius 2 is 2.00 bits per heavy atom. The Morgan fingerprint density at radius 3 is 2.63 bits per heavy atom. The van der Waals surface area contributed by atoms with E-state index in [-0.39, 0.29) is 10.7 Å². The van der Waals surface area contributed by atoms with E-state index in [0.29, 0.717) is 21.9 Å². The Hall–Kier alpha value is -1.65. The summed E-state index contributed by atoms with van der Waals surface area (Å²) in [7, 11) is 0. The second-order valence-corrected chi connectivity index (χ2v) is 4.85. The largest absolute Gasteiger partial charge is 0.453 e. The molecule has 0 radical (unpaired) electrons. The van der Waals surface area contributed by atoms with Gasteiger partial charge in [-0.15, -0.1) is 0 Å². The van der Waals surface area contributed by atoms with Gasteiger partial charge in [-0.2, -0.15) is 0 Å². The van der Waals surface area contributed by atoms with Crippen LogP contribution in [0.4, 0.5) is 4.39 Å². The minimum absolute atomic E-state index is 0.130. The molecule has 0 heterocycles. The van der Waals surface area contributed by atoms with Crippen molar-refractivity contribution in [3.63, 3.8) is 0 Å². The van der Waals surface area contributed by atoms with Crippen LogP contribution in [-0.4, -0.2) is 4.99 Å². The number of benzene rings is 2. The van der Waals surface area contributed by atoms with E-state index in [9.17, 15) is 4.39 Å². The lowest BCUT2D eigenvalue weighted by atomic mass is 10.2. The van der Waals surface area contributed by atoms with E-state index >= 15 is 0 Å². The number of ether oxygens (including phenoxy) is 1. The van der Waals surface area contributed by atoms with Gasteiger partial charge in [-0.05, 0) is 36.8 Å². The Bertz CT molecular complexity index is 645. The predicted octanol–water partition coefficient (Wildman–Crippen LogP) is 4.21. The summed E-state index contributed by atoms with van der Waals surface area (Å²) in [4.78, 5) is 0.246. The van der Waals surface area contributed by atoms with Crippen molar-refractivity contribution in [2.24, 2.45) is 5.73 Å². The lowest BCUT2D eigenvalue weighted by Gasteiger charge is -2.10. The Labute approximate surface area is 120 Å². The summed E-state index contributed by atoms with van der Waals surface area (Å²) in [6.45, 7) is 1.67. The van der Waals surface area contributed by atoms with Crippen molar-refractivity contribution >= 4 is 28.8 Å². The SMILES string of the molecule is Cc1cccc(Oc2ccc(C(N)=S)cc2Cl)c1F. The highest BCUT2D eigenvalue weighted by molar-refractivity contribution is 7.80. The van der Waals surface area contributed by atoms with Gasteiger partial charge in [0.05, 0.1) is 5.02 Å². The molecule has 0 spiro atoms. The van der Waals surface area contributed by atoms with E-state index in [0.717, 1.165) is 0 Å². The Kier molecular flexibility index (Phi) is 4.02. The average molecular weight is 296 g/mol. The first-order chi connectivity index (χ1) is 8.99. The van der Waals surface area contributed by atoms with Crippen molar-refractivity contribution in [3.05, 3.63) is 58.4 Å². The van der Waals surface area contributed by atoms with Gasteiger partial charge in [0.1, 0.15) is 10.7 Å². The van der Waals surface area contributed by atoms with Crippen LogP contribution in [0.25, 0.3) is 0 Å². The molecule has 0 aliphatic carbocycles. The number of hydrogen-bond donors (Lipinski definition) is 1. The molecular formula is C14H11ClFNOS. The van der Waals surface area contributed by atoms with Crippen LogP contribution in [0.15, 0.2) is 36.4 Å². The monoisotopic (exact) mass is 295 g/mol. The molecular weight excluding hydrogens is 285 g/mol. The number of thiocarbonyl (C=S) groups is 1. The summed E-state index contributed by atoms with van der Waals surface area (Å²) in [6, 6.07) is 9.80. The molecule has 0 saturated carbocycles.